The molecule has 0 aliphatic carbocycles. The van der Waals surface area contributed by atoms with E-state index in [0.717, 1.165) is 55.6 Å². The van der Waals surface area contributed by atoms with Gasteiger partial charge in [-0.2, -0.15) is 0 Å². The molecule has 2 heteroatoms. The average Bonchev–Trinajstić information content (AvgIpc) is 2.31. The van der Waals surface area contributed by atoms with Gasteiger partial charge in [-0.25, -0.2) is 0 Å². The van der Waals surface area contributed by atoms with Crippen LogP contribution >= 0.6 is 0 Å². The molecule has 0 fully saturated rings. The van der Waals surface area contributed by atoms with E-state index in [0.29, 0.717) is 5.92 Å². The summed E-state index contributed by atoms with van der Waals surface area (Å²) in [5.74, 6) is 0.591. The Hall–Kier alpha value is -1.44. The van der Waals surface area contributed by atoms with Gasteiger partial charge in [0.2, 0.25) is 0 Å². The van der Waals surface area contributed by atoms with Crippen molar-refractivity contribution in [2.45, 2.75) is 39.0 Å². The number of hydrogen-bond acceptors (Lipinski definition) is 2. The fourth-order valence-corrected chi connectivity index (χ4v) is 1.71. The molecule has 18 heavy (non-hydrogen) atoms. The van der Waals surface area contributed by atoms with Gasteiger partial charge in [0.25, 0.3) is 0 Å². The second-order valence-electron chi connectivity index (χ2n) is 5.00. The van der Waals surface area contributed by atoms with Crippen LogP contribution in [0.5, 0.6) is 0 Å². The zero-order chi connectivity index (χ0) is 14.0. The Kier molecular flexibility index (Phi) is 8.81. The minimum atomic E-state index is 0.591. The van der Waals surface area contributed by atoms with E-state index >= 15 is 0 Å². The van der Waals surface area contributed by atoms with Crippen LogP contribution in [0.25, 0.3) is 0 Å². The number of allylic oxidation sites excluding steroid dienone is 4. The third-order valence-corrected chi connectivity index (χ3v) is 2.89. The molecule has 0 aliphatic rings. The van der Waals surface area contributed by atoms with Crippen molar-refractivity contribution in [2.75, 3.05) is 6.54 Å². The summed E-state index contributed by atoms with van der Waals surface area (Å²) in [7, 11) is 0. The monoisotopic (exact) mass is 248 g/mol. The van der Waals surface area contributed by atoms with Crippen molar-refractivity contribution in [1.29, 1.82) is 0 Å². The van der Waals surface area contributed by atoms with Crippen LogP contribution in [-0.2, 0) is 0 Å². The molecule has 0 saturated carbocycles. The van der Waals surface area contributed by atoms with Crippen LogP contribution in [-0.4, -0.2) is 6.54 Å². The quantitative estimate of drug-likeness (QED) is 0.430. The Bertz CT molecular complexity index is 302. The molecule has 0 aromatic heterocycles. The highest BCUT2D eigenvalue weighted by atomic mass is 14.9. The van der Waals surface area contributed by atoms with E-state index in [4.69, 9.17) is 5.73 Å². The summed E-state index contributed by atoms with van der Waals surface area (Å²) < 4.78 is 0. The predicted octanol–water partition coefficient (Wildman–Crippen LogP) is 3.89. The van der Waals surface area contributed by atoms with Gasteiger partial charge in [-0.05, 0) is 38.0 Å². The van der Waals surface area contributed by atoms with Gasteiger partial charge in [-0.3, -0.25) is 0 Å². The molecule has 1 unspecified atom stereocenters. The van der Waals surface area contributed by atoms with E-state index in [-0.39, 0.29) is 0 Å². The second kappa shape index (κ2) is 9.58. The van der Waals surface area contributed by atoms with Gasteiger partial charge in [-0.15, -0.1) is 0 Å². The summed E-state index contributed by atoms with van der Waals surface area (Å²) in [6, 6.07) is 0. The zero-order valence-electron chi connectivity index (χ0n) is 11.8. The van der Waals surface area contributed by atoms with Crippen molar-refractivity contribution >= 4 is 0 Å². The first kappa shape index (κ1) is 16.6. The maximum absolute atomic E-state index is 5.56. The lowest BCUT2D eigenvalue weighted by atomic mass is 9.99. The van der Waals surface area contributed by atoms with Crippen LogP contribution in [0.15, 0.2) is 49.4 Å². The van der Waals surface area contributed by atoms with E-state index in [2.05, 4.69) is 38.6 Å². The molecule has 3 N–H and O–H groups in total. The molecule has 0 amide bonds. The van der Waals surface area contributed by atoms with Gasteiger partial charge in [-0.1, -0.05) is 44.9 Å². The van der Waals surface area contributed by atoms with Crippen molar-refractivity contribution in [3.8, 4) is 0 Å². The van der Waals surface area contributed by atoms with Crippen LogP contribution in [0.3, 0.4) is 0 Å². The number of hydrogen-bond donors (Lipinski definition) is 2. The Labute approximate surface area is 112 Å². The standard InChI is InChI=1S/C16H28N2/c1-6-13(2)8-7-11-18-16(5)12-14(3)9-10-15(4)17/h6,14,18H,1-2,4-5,7-12,17H2,3H3. The highest BCUT2D eigenvalue weighted by Crippen LogP contribution is 2.15. The molecule has 102 valence electrons. The third kappa shape index (κ3) is 9.76. The van der Waals surface area contributed by atoms with Gasteiger partial charge >= 0.3 is 0 Å². The van der Waals surface area contributed by atoms with Gasteiger partial charge < -0.3 is 11.1 Å². The molecule has 0 heterocycles. The molecule has 0 aromatic carbocycles. The first-order valence-corrected chi connectivity index (χ1v) is 6.60. The summed E-state index contributed by atoms with van der Waals surface area (Å²) >= 11 is 0. The fourth-order valence-electron chi connectivity index (χ4n) is 1.71. The van der Waals surface area contributed by atoms with Crippen LogP contribution in [0.1, 0.15) is 39.0 Å². The highest BCUT2D eigenvalue weighted by Gasteiger charge is 2.04. The largest absolute Gasteiger partial charge is 0.403 e. The first-order valence-electron chi connectivity index (χ1n) is 6.60. The Balaban J connectivity index is 3.61. The van der Waals surface area contributed by atoms with Crippen molar-refractivity contribution in [3.05, 3.63) is 49.4 Å². The molecule has 0 rings (SSSR count). The fraction of sp³-hybridized carbons (Fsp3) is 0.500. The molecule has 0 saturated heterocycles. The van der Waals surface area contributed by atoms with Gasteiger partial charge in [0.15, 0.2) is 0 Å². The molecule has 0 aliphatic heterocycles. The highest BCUT2D eigenvalue weighted by molar-refractivity contribution is 5.10. The van der Waals surface area contributed by atoms with Crippen molar-refractivity contribution < 1.29 is 0 Å². The third-order valence-electron chi connectivity index (χ3n) is 2.89. The molecule has 0 aromatic rings. The summed E-state index contributed by atoms with van der Waals surface area (Å²) in [4.78, 5) is 0. The van der Waals surface area contributed by atoms with Crippen molar-refractivity contribution in [1.82, 2.24) is 5.32 Å². The minimum absolute atomic E-state index is 0.591. The molecule has 2 nitrogen and oxygen atoms in total. The van der Waals surface area contributed by atoms with E-state index in [9.17, 15) is 0 Å². The van der Waals surface area contributed by atoms with E-state index < -0.39 is 0 Å². The lowest BCUT2D eigenvalue weighted by Crippen LogP contribution is -2.16. The van der Waals surface area contributed by atoms with Crippen LogP contribution in [0, 0.1) is 5.92 Å². The average molecular weight is 248 g/mol. The van der Waals surface area contributed by atoms with Crippen molar-refractivity contribution in [3.63, 3.8) is 0 Å². The predicted molar refractivity (Wildman–Crippen MR) is 82.1 cm³/mol. The van der Waals surface area contributed by atoms with E-state index in [1.165, 1.54) is 0 Å². The van der Waals surface area contributed by atoms with Gasteiger partial charge in [0.05, 0.1) is 0 Å². The number of nitrogens with two attached hydrogens (primary N) is 1. The molecule has 0 bridgehead atoms. The topological polar surface area (TPSA) is 38.0 Å². The molecular formula is C16H28N2. The summed E-state index contributed by atoms with van der Waals surface area (Å²) in [6.07, 6.45) is 6.84. The maximum atomic E-state index is 5.56. The van der Waals surface area contributed by atoms with Gasteiger partial charge in [0, 0.05) is 17.9 Å². The first-order chi connectivity index (χ1) is 8.45. The van der Waals surface area contributed by atoms with Crippen LogP contribution in [0.4, 0.5) is 0 Å². The lowest BCUT2D eigenvalue weighted by molar-refractivity contribution is 0.508. The lowest BCUT2D eigenvalue weighted by Gasteiger charge is -2.15. The van der Waals surface area contributed by atoms with Crippen LogP contribution < -0.4 is 11.1 Å². The zero-order valence-corrected chi connectivity index (χ0v) is 11.8. The van der Waals surface area contributed by atoms with Crippen LogP contribution in [0.2, 0.25) is 0 Å². The molecule has 0 spiro atoms. The summed E-state index contributed by atoms with van der Waals surface area (Å²) in [6.45, 7) is 18.5. The van der Waals surface area contributed by atoms with E-state index in [1.54, 1.807) is 0 Å². The summed E-state index contributed by atoms with van der Waals surface area (Å²) in [5, 5.41) is 3.36. The molecular weight excluding hydrogens is 220 g/mol. The SMILES string of the molecule is C=CC(=C)CCCNC(=C)CC(C)CCC(=C)N. The van der Waals surface area contributed by atoms with E-state index in [1.807, 2.05) is 6.08 Å². The second-order valence-corrected chi connectivity index (χ2v) is 5.00. The molecule has 1 atom stereocenters. The number of rotatable bonds is 11. The molecule has 0 radical (unpaired) electrons. The maximum Gasteiger partial charge on any atom is 0.0146 e. The Morgan fingerprint density at radius 3 is 2.50 bits per heavy atom. The number of nitrogens with one attached hydrogen (secondary N) is 1. The minimum Gasteiger partial charge on any atom is -0.403 e. The smallest absolute Gasteiger partial charge is 0.0146 e. The Morgan fingerprint density at radius 1 is 1.28 bits per heavy atom. The Morgan fingerprint density at radius 2 is 1.94 bits per heavy atom. The summed E-state index contributed by atoms with van der Waals surface area (Å²) in [5.41, 5.74) is 8.53. The van der Waals surface area contributed by atoms with Gasteiger partial charge in [0.1, 0.15) is 0 Å². The van der Waals surface area contributed by atoms with Crippen molar-refractivity contribution in [2.24, 2.45) is 11.7 Å². The normalized spacial score (nSPS) is 11.6.